The van der Waals surface area contributed by atoms with Gasteiger partial charge in [-0.3, -0.25) is 4.79 Å². The van der Waals surface area contributed by atoms with Crippen LogP contribution in [-0.2, 0) is 9.22 Å². The summed E-state index contributed by atoms with van der Waals surface area (Å²) in [4.78, 5) is 12.2. The molecular formula is C26H38N2O2Si. The Labute approximate surface area is 189 Å². The highest BCUT2D eigenvalue weighted by Crippen LogP contribution is 2.36. The topological polar surface area (TPSA) is 64.4 Å². The van der Waals surface area contributed by atoms with E-state index in [1.165, 1.54) is 10.4 Å². The molecule has 0 bridgehead atoms. The van der Waals surface area contributed by atoms with E-state index in [-0.39, 0.29) is 16.4 Å². The molecule has 31 heavy (non-hydrogen) atoms. The standard InChI is InChI=1S/C26H38N2O2Si/c1-25(2,3)23(27)24(29)28-19-13-14-20-30-31(26(4,5)6,21-15-9-7-10-16-21)22-17-11-8-12-18-22/h7-13,15-19,23H,14,20,27H2,1-6H3,(H,28,29)/b19-13-/t23-/m1/s1. The van der Waals surface area contributed by atoms with Crippen LogP contribution in [0.3, 0.4) is 0 Å². The average Bonchev–Trinajstić information content (AvgIpc) is 2.72. The summed E-state index contributed by atoms with van der Waals surface area (Å²) in [6.45, 7) is 13.2. The van der Waals surface area contributed by atoms with Crippen LogP contribution in [0.5, 0.6) is 0 Å². The summed E-state index contributed by atoms with van der Waals surface area (Å²) < 4.78 is 6.83. The minimum atomic E-state index is -2.52. The van der Waals surface area contributed by atoms with E-state index in [4.69, 9.17) is 10.2 Å². The summed E-state index contributed by atoms with van der Waals surface area (Å²) in [6.07, 6.45) is 4.32. The van der Waals surface area contributed by atoms with E-state index < -0.39 is 14.4 Å². The lowest BCUT2D eigenvalue weighted by atomic mass is 9.87. The van der Waals surface area contributed by atoms with Gasteiger partial charge in [0.05, 0.1) is 6.04 Å². The van der Waals surface area contributed by atoms with Gasteiger partial charge < -0.3 is 15.5 Å². The number of hydrogen-bond acceptors (Lipinski definition) is 3. The third-order valence-electron chi connectivity index (χ3n) is 5.58. The molecule has 2 aromatic carbocycles. The lowest BCUT2D eigenvalue weighted by Gasteiger charge is -2.43. The van der Waals surface area contributed by atoms with Gasteiger partial charge >= 0.3 is 0 Å². The Hall–Kier alpha value is -2.21. The Kier molecular flexibility index (Phi) is 8.40. The highest BCUT2D eigenvalue weighted by atomic mass is 28.4. The first-order valence-corrected chi connectivity index (χ1v) is 12.9. The molecule has 168 valence electrons. The van der Waals surface area contributed by atoms with Crippen LogP contribution < -0.4 is 21.4 Å². The molecule has 4 nitrogen and oxygen atoms in total. The molecule has 2 aromatic rings. The molecular weight excluding hydrogens is 400 g/mol. The number of nitrogens with two attached hydrogens (primary N) is 1. The van der Waals surface area contributed by atoms with Crippen molar-refractivity contribution in [1.82, 2.24) is 5.32 Å². The predicted octanol–water partition coefficient (Wildman–Crippen LogP) is 3.96. The molecule has 3 N–H and O–H groups in total. The second-order valence-electron chi connectivity index (χ2n) is 10.1. The minimum absolute atomic E-state index is 0.0485. The number of rotatable bonds is 8. The molecule has 1 atom stereocenters. The van der Waals surface area contributed by atoms with Gasteiger partial charge in [0.25, 0.3) is 8.32 Å². The zero-order chi connectivity index (χ0) is 23.1. The van der Waals surface area contributed by atoms with Crippen molar-refractivity contribution in [3.63, 3.8) is 0 Å². The second kappa shape index (κ2) is 10.4. The van der Waals surface area contributed by atoms with Gasteiger partial charge in [-0.05, 0) is 33.4 Å². The molecule has 1 amide bonds. The van der Waals surface area contributed by atoms with Crippen molar-refractivity contribution in [1.29, 1.82) is 0 Å². The molecule has 0 aliphatic heterocycles. The molecule has 0 aliphatic carbocycles. The molecule has 0 aromatic heterocycles. The molecule has 2 rings (SSSR count). The van der Waals surface area contributed by atoms with Gasteiger partial charge in [0, 0.05) is 6.61 Å². The van der Waals surface area contributed by atoms with Gasteiger partial charge in [-0.1, -0.05) is 108 Å². The Balaban J connectivity index is 2.16. The van der Waals surface area contributed by atoms with Crippen LogP contribution in [0.2, 0.25) is 5.04 Å². The summed E-state index contributed by atoms with van der Waals surface area (Å²) in [6, 6.07) is 20.6. The van der Waals surface area contributed by atoms with Gasteiger partial charge in [-0.2, -0.15) is 0 Å². The zero-order valence-electron chi connectivity index (χ0n) is 19.8. The predicted molar refractivity (Wildman–Crippen MR) is 133 cm³/mol. The SMILES string of the molecule is CC(C)(C)[C@H](N)C(=O)N/C=C\CCO[Si](c1ccccc1)(c1ccccc1)C(C)(C)C. The maximum Gasteiger partial charge on any atom is 0.261 e. The molecule has 0 spiro atoms. The van der Waals surface area contributed by atoms with Gasteiger partial charge in [0.15, 0.2) is 0 Å². The van der Waals surface area contributed by atoms with Crippen LogP contribution in [0, 0.1) is 5.41 Å². The van der Waals surface area contributed by atoms with Crippen molar-refractivity contribution in [3.8, 4) is 0 Å². The van der Waals surface area contributed by atoms with Crippen molar-refractivity contribution in [2.24, 2.45) is 11.1 Å². The molecule has 0 saturated heterocycles. The minimum Gasteiger partial charge on any atom is -0.407 e. The first kappa shape index (κ1) is 25.1. The smallest absolute Gasteiger partial charge is 0.261 e. The number of hydrogen-bond donors (Lipinski definition) is 2. The lowest BCUT2D eigenvalue weighted by Crippen LogP contribution is -2.66. The number of carbonyl (C=O) groups excluding carboxylic acids is 1. The van der Waals surface area contributed by atoms with Crippen LogP contribution in [0.1, 0.15) is 48.0 Å². The van der Waals surface area contributed by atoms with Crippen molar-refractivity contribution in [3.05, 3.63) is 72.9 Å². The summed E-state index contributed by atoms with van der Waals surface area (Å²) in [5, 5.41) is 5.27. The van der Waals surface area contributed by atoms with E-state index in [0.29, 0.717) is 13.0 Å². The van der Waals surface area contributed by atoms with Gasteiger partial charge in [0.2, 0.25) is 5.91 Å². The molecule has 0 heterocycles. The number of amides is 1. The van der Waals surface area contributed by atoms with Crippen LogP contribution in [0.25, 0.3) is 0 Å². The highest BCUT2D eigenvalue weighted by Gasteiger charge is 2.49. The summed E-state index contributed by atoms with van der Waals surface area (Å²) in [5.41, 5.74) is 5.73. The summed E-state index contributed by atoms with van der Waals surface area (Å²) >= 11 is 0. The Morgan fingerprint density at radius 2 is 1.45 bits per heavy atom. The van der Waals surface area contributed by atoms with Crippen molar-refractivity contribution < 1.29 is 9.22 Å². The number of benzene rings is 2. The van der Waals surface area contributed by atoms with Crippen molar-refractivity contribution in [2.75, 3.05) is 6.61 Å². The van der Waals surface area contributed by atoms with E-state index in [1.807, 2.05) is 39.0 Å². The van der Waals surface area contributed by atoms with E-state index in [2.05, 4.69) is 74.6 Å². The van der Waals surface area contributed by atoms with Crippen LogP contribution >= 0.6 is 0 Å². The third-order valence-corrected chi connectivity index (χ3v) is 10.6. The van der Waals surface area contributed by atoms with E-state index in [9.17, 15) is 4.79 Å². The van der Waals surface area contributed by atoms with Crippen LogP contribution in [0.4, 0.5) is 0 Å². The van der Waals surface area contributed by atoms with Gasteiger partial charge in [-0.25, -0.2) is 0 Å². The fourth-order valence-electron chi connectivity index (χ4n) is 3.75. The first-order chi connectivity index (χ1) is 14.5. The normalized spacial score (nSPS) is 13.9. The first-order valence-electron chi connectivity index (χ1n) is 11.0. The lowest BCUT2D eigenvalue weighted by molar-refractivity contribution is -0.123. The number of nitrogens with one attached hydrogen (secondary N) is 1. The molecule has 0 fully saturated rings. The molecule has 0 saturated carbocycles. The van der Waals surface area contributed by atoms with Crippen LogP contribution in [-0.4, -0.2) is 26.9 Å². The maximum absolute atomic E-state index is 12.2. The Bertz CT molecular complexity index is 813. The molecule has 0 radical (unpaired) electrons. The average molecular weight is 439 g/mol. The van der Waals surface area contributed by atoms with Crippen molar-refractivity contribution >= 4 is 24.6 Å². The summed E-state index contributed by atoms with van der Waals surface area (Å²) in [5.74, 6) is -0.170. The van der Waals surface area contributed by atoms with Crippen molar-refractivity contribution in [2.45, 2.75) is 59.0 Å². The summed E-state index contributed by atoms with van der Waals surface area (Å²) in [7, 11) is -2.52. The Morgan fingerprint density at radius 3 is 1.87 bits per heavy atom. The number of carbonyl (C=O) groups is 1. The second-order valence-corrected chi connectivity index (χ2v) is 14.4. The van der Waals surface area contributed by atoms with Gasteiger partial charge in [0.1, 0.15) is 0 Å². The van der Waals surface area contributed by atoms with E-state index in [1.54, 1.807) is 6.20 Å². The monoisotopic (exact) mass is 438 g/mol. The highest BCUT2D eigenvalue weighted by molar-refractivity contribution is 6.99. The third kappa shape index (κ3) is 6.16. The zero-order valence-corrected chi connectivity index (χ0v) is 20.8. The maximum atomic E-state index is 12.2. The quantitative estimate of drug-likeness (QED) is 0.484. The molecule has 5 heteroatoms. The largest absolute Gasteiger partial charge is 0.407 e. The van der Waals surface area contributed by atoms with Crippen LogP contribution in [0.15, 0.2) is 72.9 Å². The van der Waals surface area contributed by atoms with Gasteiger partial charge in [-0.15, -0.1) is 0 Å². The molecule has 0 aliphatic rings. The van der Waals surface area contributed by atoms with E-state index in [0.717, 1.165) is 0 Å². The van der Waals surface area contributed by atoms with E-state index >= 15 is 0 Å². The Morgan fingerprint density at radius 1 is 0.968 bits per heavy atom. The fourth-order valence-corrected chi connectivity index (χ4v) is 8.33. The fraction of sp³-hybridized carbons (Fsp3) is 0.423. The molecule has 0 unspecified atom stereocenters.